The van der Waals surface area contributed by atoms with Crippen LogP contribution in [0.5, 0.6) is 0 Å². The van der Waals surface area contributed by atoms with Gasteiger partial charge in [-0.3, -0.25) is 0 Å². The molecule has 0 aliphatic carbocycles. The number of hydrogen-bond donors (Lipinski definition) is 4. The van der Waals surface area contributed by atoms with Crippen LogP contribution in [0.25, 0.3) is 0 Å². The van der Waals surface area contributed by atoms with E-state index in [1.807, 2.05) is 60.7 Å². The number of carboxylic acid groups (broad SMARTS) is 1. The van der Waals surface area contributed by atoms with Gasteiger partial charge in [0.25, 0.3) is 0 Å². The van der Waals surface area contributed by atoms with Gasteiger partial charge in [0.05, 0.1) is 18.4 Å². The monoisotopic (exact) mass is 406 g/mol. The van der Waals surface area contributed by atoms with Crippen molar-refractivity contribution in [2.75, 3.05) is 6.26 Å². The van der Waals surface area contributed by atoms with Crippen LogP contribution in [-0.2, 0) is 22.9 Å². The summed E-state index contributed by atoms with van der Waals surface area (Å²) in [6, 6.07) is 17.2. The zero-order chi connectivity index (χ0) is 20.6. The van der Waals surface area contributed by atoms with Gasteiger partial charge < -0.3 is 15.5 Å². The number of rotatable bonds is 10. The summed E-state index contributed by atoms with van der Waals surface area (Å²) in [5, 5.41) is 22.2. The van der Waals surface area contributed by atoms with Crippen molar-refractivity contribution < 1.29 is 23.4 Å². The van der Waals surface area contributed by atoms with Crippen molar-refractivity contribution in [2.24, 2.45) is 0 Å². The Morgan fingerprint density at radius 2 is 1.46 bits per heavy atom. The van der Waals surface area contributed by atoms with Crippen molar-refractivity contribution in [2.45, 2.75) is 37.5 Å². The highest BCUT2D eigenvalue weighted by molar-refractivity contribution is 7.88. The number of nitrogens with one attached hydrogen (secondary N) is 2. The number of amides is 1. The van der Waals surface area contributed by atoms with Crippen LogP contribution in [0.15, 0.2) is 60.7 Å². The lowest BCUT2D eigenvalue weighted by Gasteiger charge is -2.27. The largest absolute Gasteiger partial charge is 0.465 e. The van der Waals surface area contributed by atoms with E-state index < -0.39 is 34.3 Å². The van der Waals surface area contributed by atoms with E-state index in [4.69, 9.17) is 5.11 Å². The predicted molar refractivity (Wildman–Crippen MR) is 108 cm³/mol. The number of sulfonamides is 1. The maximum Gasteiger partial charge on any atom is 0.404 e. The molecule has 0 bridgehead atoms. The molecule has 8 heteroatoms. The summed E-state index contributed by atoms with van der Waals surface area (Å²) in [5.74, 6) is 0. The third kappa shape index (κ3) is 8.08. The Bertz CT molecular complexity index is 843. The van der Waals surface area contributed by atoms with Crippen LogP contribution >= 0.6 is 0 Å². The molecule has 0 spiro atoms. The Morgan fingerprint density at radius 3 is 1.93 bits per heavy atom. The van der Waals surface area contributed by atoms with E-state index in [0.29, 0.717) is 12.8 Å². The normalized spacial score (nSPS) is 14.8. The standard InChI is InChI=1S/C20H26N2O5S/c1-28(26,27)22-17(12-15-8-4-2-5-9-15)14-19(23)18(21-20(24)25)13-16-10-6-3-7-11-16/h2-11,17-19,21-23H,12-14H2,1H3,(H,24,25)/t17-,18-,19-/m0/s1. The van der Waals surface area contributed by atoms with Gasteiger partial charge in [-0.05, 0) is 30.4 Å². The molecule has 0 radical (unpaired) electrons. The maximum atomic E-state index is 11.7. The molecule has 28 heavy (non-hydrogen) atoms. The first kappa shape index (κ1) is 21.9. The molecule has 4 N–H and O–H groups in total. The number of benzene rings is 2. The van der Waals surface area contributed by atoms with Crippen LogP contribution < -0.4 is 10.0 Å². The highest BCUT2D eigenvalue weighted by atomic mass is 32.2. The molecule has 0 aliphatic heterocycles. The summed E-state index contributed by atoms with van der Waals surface area (Å²) < 4.78 is 26.0. The second kappa shape index (κ2) is 10.2. The van der Waals surface area contributed by atoms with Gasteiger partial charge in [0.2, 0.25) is 10.0 Å². The average Bonchev–Trinajstić information content (AvgIpc) is 2.61. The Hall–Kier alpha value is -2.42. The SMILES string of the molecule is CS(=O)(=O)N[C@@H](Cc1ccccc1)C[C@H](O)[C@H](Cc1ccccc1)NC(=O)O. The second-order valence-corrected chi connectivity index (χ2v) is 8.61. The van der Waals surface area contributed by atoms with Crippen molar-refractivity contribution in [3.05, 3.63) is 71.8 Å². The molecular weight excluding hydrogens is 380 g/mol. The molecule has 2 aromatic rings. The first-order valence-electron chi connectivity index (χ1n) is 8.95. The molecule has 0 heterocycles. The van der Waals surface area contributed by atoms with Crippen LogP contribution in [0.1, 0.15) is 17.5 Å². The summed E-state index contributed by atoms with van der Waals surface area (Å²) in [7, 11) is -3.49. The summed E-state index contributed by atoms with van der Waals surface area (Å²) in [6.45, 7) is 0. The molecule has 1 amide bonds. The van der Waals surface area contributed by atoms with Crippen molar-refractivity contribution in [1.29, 1.82) is 0 Å². The average molecular weight is 407 g/mol. The Labute approximate surface area is 165 Å². The van der Waals surface area contributed by atoms with Crippen LogP contribution in [0, 0.1) is 0 Å². The van der Waals surface area contributed by atoms with E-state index in [1.54, 1.807) is 0 Å². The summed E-state index contributed by atoms with van der Waals surface area (Å²) in [6.07, 6.45) is -0.495. The number of aliphatic hydroxyl groups is 1. The van der Waals surface area contributed by atoms with E-state index in [1.165, 1.54) is 0 Å². The van der Waals surface area contributed by atoms with E-state index in [-0.39, 0.29) is 6.42 Å². The lowest BCUT2D eigenvalue weighted by molar-refractivity contribution is 0.104. The summed E-state index contributed by atoms with van der Waals surface area (Å²) in [4.78, 5) is 11.2. The topological polar surface area (TPSA) is 116 Å². The van der Waals surface area contributed by atoms with Gasteiger partial charge in [-0.1, -0.05) is 60.7 Å². The second-order valence-electron chi connectivity index (χ2n) is 6.83. The van der Waals surface area contributed by atoms with Crippen molar-refractivity contribution in [3.63, 3.8) is 0 Å². The molecule has 7 nitrogen and oxygen atoms in total. The summed E-state index contributed by atoms with van der Waals surface area (Å²) >= 11 is 0. The van der Waals surface area contributed by atoms with E-state index in [9.17, 15) is 18.3 Å². The Kier molecular flexibility index (Phi) is 7.98. The third-order valence-electron chi connectivity index (χ3n) is 4.30. The highest BCUT2D eigenvalue weighted by Crippen LogP contribution is 2.14. The molecule has 0 fully saturated rings. The smallest absolute Gasteiger partial charge is 0.404 e. The lowest BCUT2D eigenvalue weighted by atomic mass is 9.94. The van der Waals surface area contributed by atoms with Gasteiger partial charge in [0.1, 0.15) is 0 Å². The van der Waals surface area contributed by atoms with Gasteiger partial charge in [-0.25, -0.2) is 17.9 Å². The molecule has 0 saturated heterocycles. The molecule has 0 saturated carbocycles. The van der Waals surface area contributed by atoms with Gasteiger partial charge in [-0.2, -0.15) is 0 Å². The molecule has 3 atom stereocenters. The molecule has 152 valence electrons. The number of carbonyl (C=O) groups is 1. The van der Waals surface area contributed by atoms with E-state index in [2.05, 4.69) is 10.0 Å². The molecule has 2 rings (SSSR count). The predicted octanol–water partition coefficient (Wildman–Crippen LogP) is 1.78. The molecule has 0 aliphatic rings. The summed E-state index contributed by atoms with van der Waals surface area (Å²) in [5.41, 5.74) is 1.79. The number of hydrogen-bond acceptors (Lipinski definition) is 4. The number of aliphatic hydroxyl groups excluding tert-OH is 1. The fourth-order valence-electron chi connectivity index (χ4n) is 3.14. The Morgan fingerprint density at radius 1 is 0.964 bits per heavy atom. The molecule has 0 unspecified atom stereocenters. The molecule has 2 aromatic carbocycles. The zero-order valence-corrected chi connectivity index (χ0v) is 16.5. The van der Waals surface area contributed by atoms with Gasteiger partial charge in [0.15, 0.2) is 0 Å². The molecular formula is C20H26N2O5S. The minimum Gasteiger partial charge on any atom is -0.465 e. The third-order valence-corrected chi connectivity index (χ3v) is 5.06. The van der Waals surface area contributed by atoms with E-state index >= 15 is 0 Å². The van der Waals surface area contributed by atoms with Gasteiger partial charge in [0, 0.05) is 6.04 Å². The minimum atomic E-state index is -3.49. The van der Waals surface area contributed by atoms with E-state index in [0.717, 1.165) is 17.4 Å². The Balaban J connectivity index is 2.14. The maximum absolute atomic E-state index is 11.7. The first-order chi connectivity index (χ1) is 13.2. The lowest BCUT2D eigenvalue weighted by Crippen LogP contribution is -2.48. The zero-order valence-electron chi connectivity index (χ0n) is 15.7. The van der Waals surface area contributed by atoms with Crippen LogP contribution in [0.4, 0.5) is 4.79 Å². The van der Waals surface area contributed by atoms with Crippen molar-refractivity contribution in [3.8, 4) is 0 Å². The fraction of sp³-hybridized carbons (Fsp3) is 0.350. The fourth-order valence-corrected chi connectivity index (χ4v) is 3.93. The van der Waals surface area contributed by atoms with Crippen LogP contribution in [0.3, 0.4) is 0 Å². The highest BCUT2D eigenvalue weighted by Gasteiger charge is 2.26. The quantitative estimate of drug-likeness (QED) is 0.480. The first-order valence-corrected chi connectivity index (χ1v) is 10.8. The minimum absolute atomic E-state index is 0.0692. The van der Waals surface area contributed by atoms with Gasteiger partial charge >= 0.3 is 6.09 Å². The van der Waals surface area contributed by atoms with Crippen LogP contribution in [0.2, 0.25) is 0 Å². The molecule has 0 aromatic heterocycles. The van der Waals surface area contributed by atoms with Crippen LogP contribution in [-0.4, -0.2) is 49.2 Å². The van der Waals surface area contributed by atoms with Crippen molar-refractivity contribution in [1.82, 2.24) is 10.0 Å². The van der Waals surface area contributed by atoms with Gasteiger partial charge in [-0.15, -0.1) is 0 Å². The van der Waals surface area contributed by atoms with Crippen molar-refractivity contribution >= 4 is 16.1 Å².